The largest absolute Gasteiger partial charge is 0.726 e. The standard InChI is InChI=1S/C24H52NO2.C2H6O4S/c1-3-5-6-7-8-9-10-11-12-13-14-15-16-17-18-19-20-25(4-2,21-23-26)22-24-27;1-2-6-7(3,4)5/h26-27H,3-24H2,1-2H3;2H2,1H3,(H,3,4,5)/q+1;/p-1. The van der Waals surface area contributed by atoms with Gasteiger partial charge in [-0.15, -0.1) is 0 Å². The van der Waals surface area contributed by atoms with Gasteiger partial charge in [0.15, 0.2) is 0 Å². The monoisotopic (exact) mass is 511 g/mol. The number of aliphatic hydroxyl groups excluding tert-OH is 2. The molecule has 0 unspecified atom stereocenters. The minimum absolute atomic E-state index is 0.0914. The summed E-state index contributed by atoms with van der Waals surface area (Å²) in [5.41, 5.74) is 0. The van der Waals surface area contributed by atoms with Crippen molar-refractivity contribution >= 4 is 10.4 Å². The van der Waals surface area contributed by atoms with Crippen LogP contribution in [0.3, 0.4) is 0 Å². The summed E-state index contributed by atoms with van der Waals surface area (Å²) < 4.78 is 32.9. The lowest BCUT2D eigenvalue weighted by Gasteiger charge is -2.37. The first-order chi connectivity index (χ1) is 16.3. The molecule has 0 radical (unpaired) electrons. The Bertz CT molecular complexity index is 496. The fraction of sp³-hybridized carbons (Fsp3) is 1.00. The fourth-order valence-corrected chi connectivity index (χ4v) is 4.66. The molecule has 0 aromatic carbocycles. The highest BCUT2D eigenvalue weighted by molar-refractivity contribution is 7.80. The Labute approximate surface area is 211 Å². The van der Waals surface area contributed by atoms with Crippen LogP contribution in [0.5, 0.6) is 0 Å². The second-order valence-corrected chi connectivity index (χ2v) is 10.4. The molecule has 0 aliphatic rings. The van der Waals surface area contributed by atoms with Gasteiger partial charge in [0.05, 0.1) is 32.9 Å². The Hall–Kier alpha value is -0.250. The van der Waals surface area contributed by atoms with Crippen LogP contribution in [0.2, 0.25) is 0 Å². The van der Waals surface area contributed by atoms with E-state index in [1.54, 1.807) is 0 Å². The number of aliphatic hydroxyl groups is 2. The predicted octanol–water partition coefficient (Wildman–Crippen LogP) is 5.55. The number of hydrogen-bond donors (Lipinski definition) is 2. The first-order valence-electron chi connectivity index (χ1n) is 14.0. The van der Waals surface area contributed by atoms with Gasteiger partial charge in [0.2, 0.25) is 10.4 Å². The first kappa shape index (κ1) is 35.9. The molecule has 0 bridgehead atoms. The molecule has 208 valence electrons. The van der Waals surface area contributed by atoms with Gasteiger partial charge in [0, 0.05) is 0 Å². The molecular formula is C26H57NO6S. The third-order valence-electron chi connectivity index (χ3n) is 6.57. The minimum atomic E-state index is -4.42. The molecule has 0 aliphatic carbocycles. The van der Waals surface area contributed by atoms with Crippen LogP contribution in [0, 0.1) is 0 Å². The van der Waals surface area contributed by atoms with Gasteiger partial charge in [-0.3, -0.25) is 4.18 Å². The summed E-state index contributed by atoms with van der Waals surface area (Å²) in [5, 5.41) is 18.6. The highest BCUT2D eigenvalue weighted by Gasteiger charge is 2.23. The van der Waals surface area contributed by atoms with E-state index in [-0.39, 0.29) is 19.8 Å². The summed E-state index contributed by atoms with van der Waals surface area (Å²) in [7, 11) is -4.42. The van der Waals surface area contributed by atoms with Crippen LogP contribution < -0.4 is 0 Å². The zero-order valence-corrected chi connectivity index (χ0v) is 23.5. The van der Waals surface area contributed by atoms with Crippen molar-refractivity contribution in [3.8, 4) is 0 Å². The number of unbranched alkanes of at least 4 members (excludes halogenated alkanes) is 15. The summed E-state index contributed by atoms with van der Waals surface area (Å²) in [6.45, 7) is 9.95. The van der Waals surface area contributed by atoms with Crippen molar-refractivity contribution < 1.29 is 31.8 Å². The van der Waals surface area contributed by atoms with Crippen molar-refractivity contribution in [2.75, 3.05) is 46.0 Å². The van der Waals surface area contributed by atoms with Crippen LogP contribution in [-0.4, -0.2) is 73.7 Å². The van der Waals surface area contributed by atoms with Gasteiger partial charge in [0.1, 0.15) is 13.1 Å². The van der Waals surface area contributed by atoms with Crippen molar-refractivity contribution in [3.05, 3.63) is 0 Å². The van der Waals surface area contributed by atoms with E-state index < -0.39 is 10.4 Å². The van der Waals surface area contributed by atoms with Crippen LogP contribution in [0.25, 0.3) is 0 Å². The average Bonchev–Trinajstić information content (AvgIpc) is 2.78. The van der Waals surface area contributed by atoms with E-state index in [1.165, 1.54) is 110 Å². The van der Waals surface area contributed by atoms with E-state index in [0.717, 1.165) is 30.7 Å². The number of quaternary nitrogens is 1. The molecule has 0 atom stereocenters. The normalized spacial score (nSPS) is 11.9. The Morgan fingerprint density at radius 1 is 0.618 bits per heavy atom. The molecule has 0 saturated heterocycles. The maximum absolute atomic E-state index is 9.45. The van der Waals surface area contributed by atoms with Gasteiger partial charge in [-0.25, -0.2) is 8.42 Å². The molecule has 0 fully saturated rings. The summed E-state index contributed by atoms with van der Waals surface area (Å²) in [6.07, 6.45) is 22.4. The van der Waals surface area contributed by atoms with E-state index >= 15 is 0 Å². The first-order valence-corrected chi connectivity index (χ1v) is 15.3. The van der Waals surface area contributed by atoms with Crippen molar-refractivity contribution in [2.45, 2.75) is 124 Å². The lowest BCUT2D eigenvalue weighted by atomic mass is 10.0. The van der Waals surface area contributed by atoms with Crippen LogP contribution in [-0.2, 0) is 14.6 Å². The van der Waals surface area contributed by atoms with Crippen molar-refractivity contribution in [2.24, 2.45) is 0 Å². The molecule has 0 spiro atoms. The van der Waals surface area contributed by atoms with E-state index in [9.17, 15) is 23.2 Å². The second kappa shape index (κ2) is 25.8. The number of hydrogen-bond acceptors (Lipinski definition) is 6. The third kappa shape index (κ3) is 26.4. The fourth-order valence-electron chi connectivity index (χ4n) is 4.37. The van der Waals surface area contributed by atoms with Gasteiger partial charge in [0.25, 0.3) is 0 Å². The molecule has 0 heterocycles. The molecule has 8 heteroatoms. The lowest BCUT2D eigenvalue weighted by molar-refractivity contribution is -0.927. The highest BCUT2D eigenvalue weighted by atomic mass is 32.3. The van der Waals surface area contributed by atoms with Crippen LogP contribution in [0.15, 0.2) is 0 Å². The Kier molecular flexibility index (Phi) is 27.3. The summed E-state index contributed by atoms with van der Waals surface area (Å²) in [6, 6.07) is 0. The smallest absolute Gasteiger partial charge is 0.217 e. The molecule has 0 aromatic heterocycles. The Morgan fingerprint density at radius 3 is 1.21 bits per heavy atom. The van der Waals surface area contributed by atoms with E-state index in [2.05, 4.69) is 18.0 Å². The van der Waals surface area contributed by atoms with Crippen LogP contribution in [0.4, 0.5) is 0 Å². The Balaban J connectivity index is 0. The van der Waals surface area contributed by atoms with Crippen LogP contribution >= 0.6 is 0 Å². The van der Waals surface area contributed by atoms with E-state index in [4.69, 9.17) is 0 Å². The van der Waals surface area contributed by atoms with Crippen LogP contribution in [0.1, 0.15) is 124 Å². The summed E-state index contributed by atoms with van der Waals surface area (Å²) in [4.78, 5) is 0. The van der Waals surface area contributed by atoms with Gasteiger partial charge in [-0.1, -0.05) is 96.8 Å². The second-order valence-electron chi connectivity index (χ2n) is 9.39. The predicted molar refractivity (Wildman–Crippen MR) is 140 cm³/mol. The molecular weight excluding hydrogens is 454 g/mol. The van der Waals surface area contributed by atoms with Gasteiger partial charge < -0.3 is 19.2 Å². The Morgan fingerprint density at radius 2 is 0.971 bits per heavy atom. The molecule has 0 aliphatic heterocycles. The van der Waals surface area contributed by atoms with Gasteiger partial charge >= 0.3 is 0 Å². The maximum atomic E-state index is 9.45. The molecule has 34 heavy (non-hydrogen) atoms. The third-order valence-corrected chi connectivity index (χ3v) is 7.09. The zero-order chi connectivity index (χ0) is 26.0. The molecule has 2 N–H and O–H groups in total. The molecule has 0 amide bonds. The van der Waals surface area contributed by atoms with E-state index in [0.29, 0.717) is 0 Å². The van der Waals surface area contributed by atoms with Gasteiger partial charge in [-0.2, -0.15) is 0 Å². The molecule has 0 rings (SSSR count). The SMILES string of the molecule is CCCCCCCCCCCCCCCCCC[N+](CC)(CCO)CCO.CCOS(=O)(=O)[O-]. The molecule has 0 saturated carbocycles. The molecule has 0 aromatic rings. The maximum Gasteiger partial charge on any atom is 0.217 e. The quantitative estimate of drug-likeness (QED) is 0.0761. The van der Waals surface area contributed by atoms with Crippen molar-refractivity contribution in [1.29, 1.82) is 0 Å². The number of likely N-dealkylation sites (N-methyl/N-ethyl adjacent to an activating group) is 1. The topological polar surface area (TPSA) is 107 Å². The highest BCUT2D eigenvalue weighted by Crippen LogP contribution is 2.15. The lowest BCUT2D eigenvalue weighted by Crippen LogP contribution is -2.52. The van der Waals surface area contributed by atoms with Crippen molar-refractivity contribution in [3.63, 3.8) is 0 Å². The van der Waals surface area contributed by atoms with Gasteiger partial charge in [-0.05, 0) is 26.7 Å². The summed E-state index contributed by atoms with van der Waals surface area (Å²) in [5.74, 6) is 0. The number of nitrogens with zero attached hydrogens (tertiary/aromatic N) is 1. The van der Waals surface area contributed by atoms with E-state index in [1.807, 2.05) is 0 Å². The number of rotatable bonds is 24. The summed E-state index contributed by atoms with van der Waals surface area (Å²) >= 11 is 0. The minimum Gasteiger partial charge on any atom is -0.726 e. The molecule has 7 nitrogen and oxygen atoms in total. The zero-order valence-electron chi connectivity index (χ0n) is 22.6. The van der Waals surface area contributed by atoms with Crippen molar-refractivity contribution in [1.82, 2.24) is 0 Å². The average molecular weight is 512 g/mol.